The summed E-state index contributed by atoms with van der Waals surface area (Å²) in [6, 6.07) is 14.9. The fourth-order valence-corrected chi connectivity index (χ4v) is 1.42. The van der Waals surface area contributed by atoms with E-state index in [9.17, 15) is 9.18 Å². The summed E-state index contributed by atoms with van der Waals surface area (Å²) in [6.45, 7) is -0.0552. The molecule has 0 spiro atoms. The van der Waals surface area contributed by atoms with Gasteiger partial charge < -0.3 is 4.74 Å². The highest BCUT2D eigenvalue weighted by atomic mass is 19.1. The lowest BCUT2D eigenvalue weighted by molar-refractivity contribution is 0.0469. The molecule has 0 radical (unpaired) electrons. The Labute approximate surface area is 98.7 Å². The summed E-state index contributed by atoms with van der Waals surface area (Å²) in [6.07, 6.45) is 0. The van der Waals surface area contributed by atoms with Crippen LogP contribution in [0.25, 0.3) is 0 Å². The van der Waals surface area contributed by atoms with Crippen LogP contribution in [0.5, 0.6) is 0 Å². The molecule has 0 amide bonds. The monoisotopic (exact) mass is 230 g/mol. The third kappa shape index (κ3) is 2.91. The lowest BCUT2D eigenvalue weighted by atomic mass is 10.2. The van der Waals surface area contributed by atoms with Crippen molar-refractivity contribution in [3.8, 4) is 0 Å². The highest BCUT2D eigenvalue weighted by molar-refractivity contribution is 5.89. The van der Waals surface area contributed by atoms with Gasteiger partial charge in [0.1, 0.15) is 12.4 Å². The SMILES string of the molecule is O=C(OCc1ccccc1F)c1ccccc1. The van der Waals surface area contributed by atoms with Gasteiger partial charge in [-0.05, 0) is 18.2 Å². The van der Waals surface area contributed by atoms with Crippen molar-refractivity contribution in [3.05, 3.63) is 71.5 Å². The number of rotatable bonds is 3. The zero-order valence-corrected chi connectivity index (χ0v) is 9.10. The lowest BCUT2D eigenvalue weighted by Gasteiger charge is -2.05. The van der Waals surface area contributed by atoms with Gasteiger partial charge in [-0.15, -0.1) is 0 Å². The van der Waals surface area contributed by atoms with Crippen molar-refractivity contribution in [2.75, 3.05) is 0 Å². The van der Waals surface area contributed by atoms with Gasteiger partial charge in [0, 0.05) is 5.56 Å². The van der Waals surface area contributed by atoms with Gasteiger partial charge in [0.15, 0.2) is 0 Å². The maximum absolute atomic E-state index is 13.3. The molecule has 2 rings (SSSR count). The van der Waals surface area contributed by atoms with Gasteiger partial charge in [0.2, 0.25) is 0 Å². The molecule has 0 fully saturated rings. The van der Waals surface area contributed by atoms with Gasteiger partial charge in [-0.2, -0.15) is 0 Å². The second-order valence-corrected chi connectivity index (χ2v) is 3.53. The molecule has 17 heavy (non-hydrogen) atoms. The molecule has 0 heterocycles. The number of hydrogen-bond donors (Lipinski definition) is 0. The summed E-state index contributed by atoms with van der Waals surface area (Å²) in [5, 5.41) is 0. The van der Waals surface area contributed by atoms with Gasteiger partial charge in [-0.25, -0.2) is 9.18 Å². The molecule has 0 saturated heterocycles. The number of hydrogen-bond acceptors (Lipinski definition) is 2. The highest BCUT2D eigenvalue weighted by Gasteiger charge is 2.07. The Balaban J connectivity index is 2.00. The third-order valence-electron chi connectivity index (χ3n) is 2.33. The number of ether oxygens (including phenoxy) is 1. The van der Waals surface area contributed by atoms with E-state index in [4.69, 9.17) is 4.74 Å². The minimum atomic E-state index is -0.450. The van der Waals surface area contributed by atoms with E-state index >= 15 is 0 Å². The number of esters is 1. The smallest absolute Gasteiger partial charge is 0.338 e. The summed E-state index contributed by atoms with van der Waals surface area (Å²) >= 11 is 0. The molecule has 0 atom stereocenters. The van der Waals surface area contributed by atoms with Gasteiger partial charge in [-0.3, -0.25) is 0 Å². The first-order valence-electron chi connectivity index (χ1n) is 5.23. The van der Waals surface area contributed by atoms with Crippen molar-refractivity contribution in [2.24, 2.45) is 0 Å². The number of halogens is 1. The van der Waals surface area contributed by atoms with Gasteiger partial charge in [-0.1, -0.05) is 36.4 Å². The van der Waals surface area contributed by atoms with E-state index in [1.165, 1.54) is 6.07 Å². The van der Waals surface area contributed by atoms with Crippen LogP contribution in [-0.4, -0.2) is 5.97 Å². The standard InChI is InChI=1S/C14H11FO2/c15-13-9-5-4-8-12(13)10-17-14(16)11-6-2-1-3-7-11/h1-9H,10H2. The van der Waals surface area contributed by atoms with E-state index in [-0.39, 0.29) is 12.4 Å². The van der Waals surface area contributed by atoms with Crippen molar-refractivity contribution in [2.45, 2.75) is 6.61 Å². The molecule has 0 unspecified atom stereocenters. The molecule has 0 aliphatic rings. The van der Waals surface area contributed by atoms with E-state index in [1.807, 2.05) is 6.07 Å². The van der Waals surface area contributed by atoms with Crippen LogP contribution in [0.4, 0.5) is 4.39 Å². The van der Waals surface area contributed by atoms with Gasteiger partial charge in [0.05, 0.1) is 5.56 Å². The van der Waals surface area contributed by atoms with Crippen molar-refractivity contribution >= 4 is 5.97 Å². The fourth-order valence-electron chi connectivity index (χ4n) is 1.42. The van der Waals surface area contributed by atoms with Crippen LogP contribution < -0.4 is 0 Å². The average molecular weight is 230 g/mol. The Kier molecular flexibility index (Phi) is 3.50. The number of benzene rings is 2. The van der Waals surface area contributed by atoms with Crippen LogP contribution in [0.1, 0.15) is 15.9 Å². The van der Waals surface area contributed by atoms with Crippen LogP contribution in [0.15, 0.2) is 54.6 Å². The van der Waals surface area contributed by atoms with E-state index in [0.717, 1.165) is 0 Å². The Bertz CT molecular complexity index is 509. The van der Waals surface area contributed by atoms with Crippen molar-refractivity contribution in [3.63, 3.8) is 0 Å². The second-order valence-electron chi connectivity index (χ2n) is 3.53. The molecule has 86 valence electrons. The molecule has 2 aromatic carbocycles. The fraction of sp³-hybridized carbons (Fsp3) is 0.0714. The quantitative estimate of drug-likeness (QED) is 0.757. The maximum Gasteiger partial charge on any atom is 0.338 e. The predicted molar refractivity (Wildman–Crippen MR) is 62.0 cm³/mol. The summed E-state index contributed by atoms with van der Waals surface area (Å²) in [7, 11) is 0. The van der Waals surface area contributed by atoms with Crippen molar-refractivity contribution in [1.29, 1.82) is 0 Å². The topological polar surface area (TPSA) is 26.3 Å². The summed E-state index contributed by atoms with van der Waals surface area (Å²) < 4.78 is 18.3. The predicted octanol–water partition coefficient (Wildman–Crippen LogP) is 3.18. The third-order valence-corrected chi connectivity index (χ3v) is 2.33. The Morgan fingerprint density at radius 1 is 1.00 bits per heavy atom. The first kappa shape index (κ1) is 11.3. The molecule has 0 bridgehead atoms. The van der Waals surface area contributed by atoms with Crippen LogP contribution in [-0.2, 0) is 11.3 Å². The minimum Gasteiger partial charge on any atom is -0.457 e. The molecular weight excluding hydrogens is 219 g/mol. The van der Waals surface area contributed by atoms with Crippen LogP contribution in [0.3, 0.4) is 0 Å². The largest absolute Gasteiger partial charge is 0.457 e. The van der Waals surface area contributed by atoms with Crippen LogP contribution >= 0.6 is 0 Å². The normalized spacial score (nSPS) is 9.94. The van der Waals surface area contributed by atoms with Crippen LogP contribution in [0.2, 0.25) is 0 Å². The number of carbonyl (C=O) groups excluding carboxylic acids is 1. The molecule has 2 nitrogen and oxygen atoms in total. The molecule has 0 aliphatic heterocycles. The van der Waals surface area contributed by atoms with Crippen molar-refractivity contribution in [1.82, 2.24) is 0 Å². The van der Waals surface area contributed by atoms with E-state index in [1.54, 1.807) is 42.5 Å². The minimum absolute atomic E-state index is 0.0552. The maximum atomic E-state index is 13.3. The Morgan fingerprint density at radius 2 is 1.65 bits per heavy atom. The highest BCUT2D eigenvalue weighted by Crippen LogP contribution is 2.09. The summed E-state index contributed by atoms with van der Waals surface area (Å²) in [5.41, 5.74) is 0.834. The molecule has 0 aromatic heterocycles. The Morgan fingerprint density at radius 3 is 2.35 bits per heavy atom. The van der Waals surface area contributed by atoms with Gasteiger partial charge >= 0.3 is 5.97 Å². The number of carbonyl (C=O) groups is 1. The van der Waals surface area contributed by atoms with E-state index in [2.05, 4.69) is 0 Å². The van der Waals surface area contributed by atoms with Crippen LogP contribution in [0, 0.1) is 5.82 Å². The van der Waals surface area contributed by atoms with Gasteiger partial charge in [0.25, 0.3) is 0 Å². The molecule has 2 aromatic rings. The zero-order chi connectivity index (χ0) is 12.1. The molecule has 0 saturated carbocycles. The summed E-state index contributed by atoms with van der Waals surface area (Å²) in [4.78, 5) is 11.6. The summed E-state index contributed by atoms with van der Waals surface area (Å²) in [5.74, 6) is -0.817. The first-order valence-corrected chi connectivity index (χ1v) is 5.23. The van der Waals surface area contributed by atoms with E-state index in [0.29, 0.717) is 11.1 Å². The lowest BCUT2D eigenvalue weighted by Crippen LogP contribution is -2.05. The second kappa shape index (κ2) is 5.25. The van der Waals surface area contributed by atoms with Crippen molar-refractivity contribution < 1.29 is 13.9 Å². The molecule has 3 heteroatoms. The average Bonchev–Trinajstić information content (AvgIpc) is 2.38. The van der Waals surface area contributed by atoms with E-state index < -0.39 is 5.97 Å². The molecule has 0 N–H and O–H groups in total. The zero-order valence-electron chi connectivity index (χ0n) is 9.10. The molecular formula is C14H11FO2. The first-order chi connectivity index (χ1) is 8.27. The Hall–Kier alpha value is -2.16. The molecule has 0 aliphatic carbocycles.